The van der Waals surface area contributed by atoms with Crippen LogP contribution in [-0.2, 0) is 16.6 Å². The highest BCUT2D eigenvalue weighted by atomic mass is 79.9. The van der Waals surface area contributed by atoms with Gasteiger partial charge in [0.2, 0.25) is 10.0 Å². The Balaban J connectivity index is 1.92. The van der Waals surface area contributed by atoms with Gasteiger partial charge in [-0.3, -0.25) is 9.88 Å². The number of nitrogens with zero attached hydrogens (tertiary/aromatic N) is 3. The Morgan fingerprint density at radius 2 is 2.17 bits per heavy atom. The van der Waals surface area contributed by atoms with Gasteiger partial charge in [0.1, 0.15) is 16.7 Å². The molecular formula is C21H28BrN3O4S. The molecule has 0 unspecified atom stereocenters. The van der Waals surface area contributed by atoms with Crippen LogP contribution in [0.2, 0.25) is 0 Å². The summed E-state index contributed by atoms with van der Waals surface area (Å²) in [6.45, 7) is 5.05. The molecule has 0 spiro atoms. The van der Waals surface area contributed by atoms with E-state index in [9.17, 15) is 13.5 Å². The number of aliphatic hydroxyl groups excluding tert-OH is 1. The zero-order chi connectivity index (χ0) is 21.9. The molecule has 3 rings (SSSR count). The van der Waals surface area contributed by atoms with Crippen LogP contribution in [0, 0.1) is 5.92 Å². The molecule has 0 amide bonds. The number of sulfonamides is 1. The molecule has 1 aliphatic heterocycles. The van der Waals surface area contributed by atoms with E-state index in [1.807, 2.05) is 32.3 Å². The van der Waals surface area contributed by atoms with Crippen molar-refractivity contribution in [3.05, 3.63) is 52.8 Å². The van der Waals surface area contributed by atoms with E-state index in [0.29, 0.717) is 18.8 Å². The highest BCUT2D eigenvalue weighted by Crippen LogP contribution is 2.35. The number of hydrogen-bond donors (Lipinski definition) is 1. The molecule has 1 aromatic carbocycles. The number of aliphatic hydroxyl groups is 1. The van der Waals surface area contributed by atoms with Gasteiger partial charge in [0, 0.05) is 48.5 Å². The number of rotatable bonds is 6. The van der Waals surface area contributed by atoms with E-state index in [-0.39, 0.29) is 30.1 Å². The van der Waals surface area contributed by atoms with E-state index in [0.717, 1.165) is 10.0 Å². The lowest BCUT2D eigenvalue weighted by Crippen LogP contribution is -2.49. The number of fused-ring (bicyclic) bond motifs is 1. The quantitative estimate of drug-likeness (QED) is 0.660. The molecule has 7 nitrogen and oxygen atoms in total. The number of pyridine rings is 1. The number of ether oxygens (including phenoxy) is 1. The summed E-state index contributed by atoms with van der Waals surface area (Å²) in [6, 6.07) is 8.34. The molecule has 0 fully saturated rings. The summed E-state index contributed by atoms with van der Waals surface area (Å²) in [7, 11) is -1.79. The monoisotopic (exact) mass is 497 g/mol. The van der Waals surface area contributed by atoms with E-state index >= 15 is 0 Å². The molecule has 1 N–H and O–H groups in total. The minimum atomic E-state index is -3.80. The van der Waals surface area contributed by atoms with Crippen LogP contribution in [0.1, 0.15) is 19.4 Å². The molecule has 3 atom stereocenters. The van der Waals surface area contributed by atoms with Crippen LogP contribution in [0.15, 0.2) is 52.1 Å². The van der Waals surface area contributed by atoms with Crippen molar-refractivity contribution in [2.45, 2.75) is 37.4 Å². The molecule has 0 saturated heterocycles. The summed E-state index contributed by atoms with van der Waals surface area (Å²) < 4.78 is 35.0. The molecule has 0 radical (unpaired) electrons. The maximum absolute atomic E-state index is 13.3. The fraction of sp³-hybridized carbons (Fsp3) is 0.476. The SMILES string of the molecule is C[C@H](CO)N1C[C@H](C)[C@@H](CN(C)Cc2cccnc2)Oc2cc(Br)ccc2S1(=O)=O. The lowest BCUT2D eigenvalue weighted by atomic mass is 10.0. The molecule has 0 bridgehead atoms. The number of aromatic nitrogens is 1. The van der Waals surface area contributed by atoms with Crippen molar-refractivity contribution >= 4 is 26.0 Å². The van der Waals surface area contributed by atoms with Crippen molar-refractivity contribution in [3.63, 3.8) is 0 Å². The maximum Gasteiger partial charge on any atom is 0.247 e. The Labute approximate surface area is 186 Å². The van der Waals surface area contributed by atoms with Crippen molar-refractivity contribution in [1.29, 1.82) is 0 Å². The van der Waals surface area contributed by atoms with Crippen molar-refractivity contribution in [2.24, 2.45) is 5.92 Å². The maximum atomic E-state index is 13.3. The minimum absolute atomic E-state index is 0.0859. The van der Waals surface area contributed by atoms with Crippen LogP contribution in [0.4, 0.5) is 0 Å². The summed E-state index contributed by atoms with van der Waals surface area (Å²) in [4.78, 5) is 6.43. The Hall–Kier alpha value is -1.52. The summed E-state index contributed by atoms with van der Waals surface area (Å²) in [5.74, 6) is 0.239. The second kappa shape index (κ2) is 9.74. The van der Waals surface area contributed by atoms with Gasteiger partial charge in [-0.05, 0) is 43.8 Å². The van der Waals surface area contributed by atoms with Gasteiger partial charge in [0.05, 0.1) is 6.61 Å². The Morgan fingerprint density at radius 1 is 1.40 bits per heavy atom. The van der Waals surface area contributed by atoms with Gasteiger partial charge in [-0.2, -0.15) is 4.31 Å². The summed E-state index contributed by atoms with van der Waals surface area (Å²) in [5, 5.41) is 9.68. The number of hydrogen-bond acceptors (Lipinski definition) is 6. The molecule has 0 saturated carbocycles. The Bertz CT molecular complexity index is 958. The molecule has 2 aromatic rings. The van der Waals surface area contributed by atoms with Gasteiger partial charge in [-0.1, -0.05) is 28.9 Å². The van der Waals surface area contributed by atoms with Crippen molar-refractivity contribution in [2.75, 3.05) is 26.7 Å². The number of likely N-dealkylation sites (N-methyl/N-ethyl adjacent to an activating group) is 1. The van der Waals surface area contributed by atoms with Gasteiger partial charge >= 0.3 is 0 Å². The third-order valence-electron chi connectivity index (χ3n) is 5.30. The van der Waals surface area contributed by atoms with Crippen molar-refractivity contribution in [1.82, 2.24) is 14.2 Å². The smallest absolute Gasteiger partial charge is 0.247 e. The average molecular weight is 498 g/mol. The molecular weight excluding hydrogens is 470 g/mol. The third-order valence-corrected chi connectivity index (χ3v) is 7.81. The van der Waals surface area contributed by atoms with E-state index in [1.165, 1.54) is 4.31 Å². The van der Waals surface area contributed by atoms with Crippen molar-refractivity contribution < 1.29 is 18.3 Å². The first kappa shape index (κ1) is 23.1. The van der Waals surface area contributed by atoms with E-state index < -0.39 is 16.1 Å². The lowest BCUT2D eigenvalue weighted by molar-refractivity contribution is 0.0733. The molecule has 164 valence electrons. The predicted octanol–water partition coefficient (Wildman–Crippen LogP) is 2.74. The van der Waals surface area contributed by atoms with Crippen LogP contribution in [0.25, 0.3) is 0 Å². The standard InChI is InChI=1S/C21H28BrN3O4S/c1-15-11-25(16(2)14-26)30(27,28)21-7-6-18(22)9-19(21)29-20(15)13-24(3)12-17-5-4-8-23-10-17/h4-10,15-16,20,26H,11-14H2,1-3H3/t15-,16+,20+/m0/s1. The number of benzene rings is 1. The van der Waals surface area contributed by atoms with Crippen LogP contribution in [0.3, 0.4) is 0 Å². The van der Waals surface area contributed by atoms with Crippen LogP contribution in [0.5, 0.6) is 5.75 Å². The van der Waals surface area contributed by atoms with Crippen LogP contribution >= 0.6 is 15.9 Å². The third kappa shape index (κ3) is 5.20. The summed E-state index contributed by atoms with van der Waals surface area (Å²) >= 11 is 3.42. The zero-order valence-electron chi connectivity index (χ0n) is 17.4. The first-order valence-corrected chi connectivity index (χ1v) is 12.1. The largest absolute Gasteiger partial charge is 0.487 e. The van der Waals surface area contributed by atoms with Crippen LogP contribution < -0.4 is 4.74 Å². The normalized spacial score (nSPS) is 22.6. The fourth-order valence-corrected chi connectivity index (χ4v) is 5.76. The highest BCUT2D eigenvalue weighted by molar-refractivity contribution is 9.10. The Morgan fingerprint density at radius 3 is 2.83 bits per heavy atom. The summed E-state index contributed by atoms with van der Waals surface area (Å²) in [6.07, 6.45) is 3.35. The molecule has 1 aromatic heterocycles. The summed E-state index contributed by atoms with van der Waals surface area (Å²) in [5.41, 5.74) is 1.10. The van der Waals surface area contributed by atoms with Gasteiger partial charge < -0.3 is 9.84 Å². The minimum Gasteiger partial charge on any atom is -0.487 e. The second-order valence-corrected chi connectivity index (χ2v) is 10.7. The molecule has 2 heterocycles. The zero-order valence-corrected chi connectivity index (χ0v) is 19.8. The average Bonchev–Trinajstić information content (AvgIpc) is 2.70. The molecule has 9 heteroatoms. The molecule has 30 heavy (non-hydrogen) atoms. The second-order valence-electron chi connectivity index (χ2n) is 7.89. The fourth-order valence-electron chi connectivity index (χ4n) is 3.59. The van der Waals surface area contributed by atoms with Crippen LogP contribution in [-0.4, -0.2) is 66.6 Å². The molecule has 0 aliphatic carbocycles. The van der Waals surface area contributed by atoms with E-state index in [1.54, 1.807) is 31.3 Å². The van der Waals surface area contributed by atoms with E-state index in [4.69, 9.17) is 4.74 Å². The first-order valence-electron chi connectivity index (χ1n) is 9.88. The van der Waals surface area contributed by atoms with E-state index in [2.05, 4.69) is 25.8 Å². The van der Waals surface area contributed by atoms with Crippen molar-refractivity contribution in [3.8, 4) is 5.75 Å². The highest BCUT2D eigenvalue weighted by Gasteiger charge is 2.38. The number of halogens is 1. The first-order chi connectivity index (χ1) is 14.2. The molecule has 1 aliphatic rings. The van der Waals surface area contributed by atoms with Gasteiger partial charge in [-0.15, -0.1) is 0 Å². The predicted molar refractivity (Wildman–Crippen MR) is 119 cm³/mol. The van der Waals surface area contributed by atoms with Gasteiger partial charge in [-0.25, -0.2) is 8.42 Å². The van der Waals surface area contributed by atoms with Gasteiger partial charge in [0.25, 0.3) is 0 Å². The lowest BCUT2D eigenvalue weighted by Gasteiger charge is -2.37. The van der Waals surface area contributed by atoms with Gasteiger partial charge in [0.15, 0.2) is 0 Å². The topological polar surface area (TPSA) is 83.0 Å². The Kier molecular flexibility index (Phi) is 7.52.